The highest BCUT2D eigenvalue weighted by Crippen LogP contribution is 2.28. The molecule has 0 unspecified atom stereocenters. The molecule has 0 radical (unpaired) electrons. The van der Waals surface area contributed by atoms with Crippen LogP contribution in [0.25, 0.3) is 0 Å². The molecule has 0 saturated carbocycles. The summed E-state index contributed by atoms with van der Waals surface area (Å²) in [5, 5.41) is 3.55. The summed E-state index contributed by atoms with van der Waals surface area (Å²) in [6.07, 6.45) is 1.30. The Morgan fingerprint density at radius 3 is 2.46 bits per heavy atom. The maximum Gasteiger partial charge on any atom is 0.289 e. The van der Waals surface area contributed by atoms with E-state index >= 15 is 0 Å². The summed E-state index contributed by atoms with van der Waals surface area (Å²) in [4.78, 5) is 10.9. The van der Waals surface area contributed by atoms with E-state index in [-0.39, 0.29) is 5.56 Å². The number of halogens is 2. The zero-order chi connectivity index (χ0) is 10.2. The van der Waals surface area contributed by atoms with E-state index in [1.54, 1.807) is 0 Å². The Labute approximate surface area is 74.4 Å². The average molecular weight is 188 g/mol. The normalized spacial score (nSPS) is 11.8. The van der Waals surface area contributed by atoms with Gasteiger partial charge in [-0.25, -0.2) is 0 Å². The van der Waals surface area contributed by atoms with Gasteiger partial charge in [-0.2, -0.15) is 13.9 Å². The summed E-state index contributed by atoms with van der Waals surface area (Å²) in [6, 6.07) is 0. The second-order valence-corrected chi connectivity index (χ2v) is 3.01. The number of carbonyl (C=O) groups excluding carboxylic acids is 1. The lowest BCUT2D eigenvalue weighted by molar-refractivity contribution is 0.0113. The fourth-order valence-corrected chi connectivity index (χ4v) is 1.07. The first-order chi connectivity index (χ1) is 5.82. The molecule has 0 fully saturated rings. The van der Waals surface area contributed by atoms with Crippen LogP contribution in [0.3, 0.4) is 0 Å². The van der Waals surface area contributed by atoms with E-state index in [0.717, 1.165) is 6.92 Å². The molecule has 0 N–H and O–H groups in total. The monoisotopic (exact) mass is 188 g/mol. The number of rotatable bonds is 2. The van der Waals surface area contributed by atoms with Gasteiger partial charge in [0, 0.05) is 20.2 Å². The Balaban J connectivity index is 3.28. The number of Topliss-reactive ketones (excluding diaryl/α,β-unsaturated/α-hetero) is 1. The van der Waals surface area contributed by atoms with Gasteiger partial charge < -0.3 is 0 Å². The van der Waals surface area contributed by atoms with Crippen molar-refractivity contribution in [2.45, 2.75) is 19.8 Å². The van der Waals surface area contributed by atoms with Crippen LogP contribution in [0.5, 0.6) is 0 Å². The summed E-state index contributed by atoms with van der Waals surface area (Å²) in [7, 11) is 1.50. The molecule has 1 aromatic heterocycles. The van der Waals surface area contributed by atoms with E-state index in [2.05, 4.69) is 5.10 Å². The highest BCUT2D eigenvalue weighted by Gasteiger charge is 2.32. The van der Waals surface area contributed by atoms with Crippen molar-refractivity contribution in [2.75, 3.05) is 0 Å². The summed E-state index contributed by atoms with van der Waals surface area (Å²) in [6.45, 7) is 1.97. The molecule has 72 valence electrons. The maximum absolute atomic E-state index is 12.9. The molecule has 0 aromatic carbocycles. The quantitative estimate of drug-likeness (QED) is 0.662. The first-order valence-electron chi connectivity index (χ1n) is 3.75. The van der Waals surface area contributed by atoms with Crippen molar-refractivity contribution < 1.29 is 13.6 Å². The van der Waals surface area contributed by atoms with E-state index in [1.165, 1.54) is 24.9 Å². The smallest absolute Gasteiger partial charge is 0.289 e. The number of hydrogen-bond donors (Lipinski definition) is 0. The van der Waals surface area contributed by atoms with Crippen LogP contribution in [-0.4, -0.2) is 15.6 Å². The van der Waals surface area contributed by atoms with Crippen LogP contribution in [0.2, 0.25) is 0 Å². The summed E-state index contributed by atoms with van der Waals surface area (Å²) >= 11 is 0. The molecule has 1 heterocycles. The van der Waals surface area contributed by atoms with E-state index in [4.69, 9.17) is 0 Å². The van der Waals surface area contributed by atoms with Gasteiger partial charge in [0.15, 0.2) is 5.78 Å². The van der Waals surface area contributed by atoms with Gasteiger partial charge in [0.25, 0.3) is 5.92 Å². The number of hydrogen-bond acceptors (Lipinski definition) is 2. The third kappa shape index (κ3) is 1.91. The molecular formula is C8H10F2N2O. The minimum Gasteiger partial charge on any atom is -0.294 e. The Morgan fingerprint density at radius 1 is 1.62 bits per heavy atom. The third-order valence-electron chi connectivity index (χ3n) is 1.62. The van der Waals surface area contributed by atoms with Crippen LogP contribution in [0.4, 0.5) is 8.78 Å². The minimum atomic E-state index is -3.07. The second-order valence-electron chi connectivity index (χ2n) is 3.01. The van der Waals surface area contributed by atoms with Crippen molar-refractivity contribution in [1.82, 2.24) is 9.78 Å². The van der Waals surface area contributed by atoms with Gasteiger partial charge in [0.2, 0.25) is 0 Å². The van der Waals surface area contributed by atoms with Gasteiger partial charge in [-0.05, 0) is 6.92 Å². The SMILES string of the molecule is CC(=O)c1cn(C)nc1C(C)(F)F. The van der Waals surface area contributed by atoms with E-state index in [1.807, 2.05) is 0 Å². The van der Waals surface area contributed by atoms with Gasteiger partial charge in [-0.3, -0.25) is 9.48 Å². The minimum absolute atomic E-state index is 0.0185. The summed E-state index contributed by atoms with van der Waals surface area (Å²) in [5.74, 6) is -3.47. The summed E-state index contributed by atoms with van der Waals surface area (Å²) < 4.78 is 26.9. The standard InChI is InChI=1S/C8H10F2N2O/c1-5(13)6-4-12(3)11-7(6)8(2,9)10/h4H,1-3H3. The lowest BCUT2D eigenvalue weighted by Gasteiger charge is -2.07. The van der Waals surface area contributed by atoms with Crippen molar-refractivity contribution in [3.05, 3.63) is 17.5 Å². The second kappa shape index (κ2) is 2.90. The third-order valence-corrected chi connectivity index (χ3v) is 1.62. The molecule has 13 heavy (non-hydrogen) atoms. The molecule has 0 aliphatic rings. The Kier molecular flexibility index (Phi) is 2.19. The Morgan fingerprint density at radius 2 is 2.15 bits per heavy atom. The van der Waals surface area contributed by atoms with Gasteiger partial charge in [-0.1, -0.05) is 0 Å². The molecule has 0 saturated heterocycles. The molecular weight excluding hydrogens is 178 g/mol. The molecule has 3 nitrogen and oxygen atoms in total. The zero-order valence-corrected chi connectivity index (χ0v) is 7.64. The van der Waals surface area contributed by atoms with E-state index in [0.29, 0.717) is 0 Å². The fraction of sp³-hybridized carbons (Fsp3) is 0.500. The fourth-order valence-electron chi connectivity index (χ4n) is 1.07. The predicted molar refractivity (Wildman–Crippen MR) is 42.8 cm³/mol. The lowest BCUT2D eigenvalue weighted by Crippen LogP contribution is -2.12. The predicted octanol–water partition coefficient (Wildman–Crippen LogP) is 1.73. The van der Waals surface area contributed by atoms with Gasteiger partial charge >= 0.3 is 0 Å². The molecule has 0 atom stereocenters. The van der Waals surface area contributed by atoms with Crippen LogP contribution in [0, 0.1) is 0 Å². The lowest BCUT2D eigenvalue weighted by atomic mass is 10.1. The number of nitrogens with zero attached hydrogens (tertiary/aromatic N) is 2. The van der Waals surface area contributed by atoms with Gasteiger partial charge in [0.1, 0.15) is 5.69 Å². The van der Waals surface area contributed by atoms with Gasteiger partial charge in [0.05, 0.1) is 5.56 Å². The maximum atomic E-state index is 12.9. The molecule has 0 aliphatic heterocycles. The van der Waals surface area contributed by atoms with E-state index < -0.39 is 17.4 Å². The van der Waals surface area contributed by atoms with Crippen molar-refractivity contribution in [3.63, 3.8) is 0 Å². The van der Waals surface area contributed by atoms with Crippen molar-refractivity contribution >= 4 is 5.78 Å². The largest absolute Gasteiger partial charge is 0.294 e. The molecule has 5 heteroatoms. The van der Waals surface area contributed by atoms with Crippen LogP contribution in [0.1, 0.15) is 29.9 Å². The van der Waals surface area contributed by atoms with Crippen molar-refractivity contribution in [1.29, 1.82) is 0 Å². The summed E-state index contributed by atoms with van der Waals surface area (Å²) in [5.41, 5.74) is -0.475. The van der Waals surface area contributed by atoms with Gasteiger partial charge in [-0.15, -0.1) is 0 Å². The zero-order valence-electron chi connectivity index (χ0n) is 7.64. The number of ketones is 1. The highest BCUT2D eigenvalue weighted by atomic mass is 19.3. The van der Waals surface area contributed by atoms with Crippen LogP contribution >= 0.6 is 0 Å². The topological polar surface area (TPSA) is 34.9 Å². The van der Waals surface area contributed by atoms with Crippen LogP contribution < -0.4 is 0 Å². The molecule has 1 aromatic rings. The number of aromatic nitrogens is 2. The van der Waals surface area contributed by atoms with Crippen LogP contribution in [-0.2, 0) is 13.0 Å². The first kappa shape index (κ1) is 9.83. The molecule has 0 spiro atoms. The molecule has 0 bridgehead atoms. The highest BCUT2D eigenvalue weighted by molar-refractivity contribution is 5.95. The number of aryl methyl sites for hydroxylation is 1. The number of carbonyl (C=O) groups is 1. The van der Waals surface area contributed by atoms with E-state index in [9.17, 15) is 13.6 Å². The molecule has 0 amide bonds. The average Bonchev–Trinajstić information content (AvgIpc) is 2.29. The molecule has 0 aliphatic carbocycles. The molecule has 1 rings (SSSR count). The van der Waals surface area contributed by atoms with Crippen molar-refractivity contribution in [3.8, 4) is 0 Å². The van der Waals surface area contributed by atoms with Crippen molar-refractivity contribution in [2.24, 2.45) is 7.05 Å². The van der Waals surface area contributed by atoms with Crippen LogP contribution in [0.15, 0.2) is 6.20 Å². The number of alkyl halides is 2. The first-order valence-corrected chi connectivity index (χ1v) is 3.75. The Bertz CT molecular complexity index is 338. The Hall–Kier alpha value is -1.26.